The van der Waals surface area contributed by atoms with Crippen molar-refractivity contribution in [2.24, 2.45) is 5.92 Å². The van der Waals surface area contributed by atoms with Gasteiger partial charge in [0, 0.05) is 17.5 Å². The van der Waals surface area contributed by atoms with Crippen LogP contribution < -0.4 is 10.1 Å². The number of anilines is 1. The summed E-state index contributed by atoms with van der Waals surface area (Å²) in [6.45, 7) is 0.0248. The Morgan fingerprint density at radius 3 is 2.42 bits per heavy atom. The van der Waals surface area contributed by atoms with Crippen LogP contribution in [0.3, 0.4) is 0 Å². The van der Waals surface area contributed by atoms with E-state index in [4.69, 9.17) is 4.74 Å². The Hall–Kier alpha value is -2.76. The van der Waals surface area contributed by atoms with Crippen LogP contribution >= 0.6 is 0 Å². The Bertz CT molecular complexity index is 770. The van der Waals surface area contributed by atoms with Gasteiger partial charge in [-0.1, -0.05) is 0 Å². The zero-order valence-electron chi connectivity index (χ0n) is 12.7. The fourth-order valence-electron chi connectivity index (χ4n) is 2.17. The van der Waals surface area contributed by atoms with E-state index in [2.05, 4.69) is 5.32 Å². The molecule has 6 heteroatoms. The molecule has 2 aromatic rings. The van der Waals surface area contributed by atoms with Crippen LogP contribution in [0.25, 0.3) is 0 Å². The second-order valence-corrected chi connectivity index (χ2v) is 5.63. The molecule has 1 N–H and O–H groups in total. The standard InChI is InChI=1S/C18H15F2NO3/c19-13-5-8-16(15(20)9-13)21-18(23)12-3-6-14(7-4-12)24-10-17(22)11-1-2-11/h3-9,11H,1-2,10H2,(H,21,23). The highest BCUT2D eigenvalue weighted by atomic mass is 19.1. The Morgan fingerprint density at radius 1 is 1.08 bits per heavy atom. The summed E-state index contributed by atoms with van der Waals surface area (Å²) >= 11 is 0. The summed E-state index contributed by atoms with van der Waals surface area (Å²) in [5, 5.41) is 2.37. The Morgan fingerprint density at radius 2 is 1.79 bits per heavy atom. The zero-order chi connectivity index (χ0) is 17.1. The molecule has 0 aromatic heterocycles. The first kappa shape index (κ1) is 16.1. The third-order valence-corrected chi connectivity index (χ3v) is 3.71. The van der Waals surface area contributed by atoms with E-state index in [0.29, 0.717) is 17.4 Å². The first-order chi connectivity index (χ1) is 11.5. The number of carbonyl (C=O) groups excluding carboxylic acids is 2. The molecule has 1 saturated carbocycles. The van der Waals surface area contributed by atoms with E-state index < -0.39 is 17.5 Å². The first-order valence-corrected chi connectivity index (χ1v) is 7.55. The van der Waals surface area contributed by atoms with E-state index in [1.807, 2.05) is 0 Å². The lowest BCUT2D eigenvalue weighted by Gasteiger charge is -2.08. The molecule has 4 nitrogen and oxygen atoms in total. The molecule has 1 aliphatic carbocycles. The predicted molar refractivity (Wildman–Crippen MR) is 84.0 cm³/mol. The normalized spacial score (nSPS) is 13.4. The van der Waals surface area contributed by atoms with Gasteiger partial charge in [0.05, 0.1) is 5.69 Å². The number of ketones is 1. The highest BCUT2D eigenvalue weighted by molar-refractivity contribution is 6.04. The minimum absolute atomic E-state index is 0.0248. The lowest BCUT2D eigenvalue weighted by molar-refractivity contribution is -0.122. The lowest BCUT2D eigenvalue weighted by Crippen LogP contribution is -2.14. The predicted octanol–water partition coefficient (Wildman–Crippen LogP) is 3.58. The molecule has 3 rings (SSSR count). The quantitative estimate of drug-likeness (QED) is 0.880. The topological polar surface area (TPSA) is 55.4 Å². The van der Waals surface area contributed by atoms with Crippen molar-refractivity contribution in [2.75, 3.05) is 11.9 Å². The molecule has 0 saturated heterocycles. The van der Waals surface area contributed by atoms with Gasteiger partial charge in [-0.3, -0.25) is 9.59 Å². The molecule has 1 fully saturated rings. The first-order valence-electron chi connectivity index (χ1n) is 7.55. The third-order valence-electron chi connectivity index (χ3n) is 3.71. The van der Waals surface area contributed by atoms with Gasteiger partial charge in [0.15, 0.2) is 5.78 Å². The molecule has 0 radical (unpaired) electrons. The van der Waals surface area contributed by atoms with Crippen molar-refractivity contribution in [3.05, 3.63) is 59.7 Å². The van der Waals surface area contributed by atoms with Crippen LogP contribution in [0.2, 0.25) is 0 Å². The van der Waals surface area contributed by atoms with Crippen molar-refractivity contribution < 1.29 is 23.1 Å². The van der Waals surface area contributed by atoms with E-state index in [-0.39, 0.29) is 24.0 Å². The second-order valence-electron chi connectivity index (χ2n) is 5.63. The SMILES string of the molecule is O=C(Nc1ccc(F)cc1F)c1ccc(OCC(=O)C2CC2)cc1. The van der Waals surface area contributed by atoms with Gasteiger partial charge < -0.3 is 10.1 Å². The van der Waals surface area contributed by atoms with Crippen LogP contribution in [-0.4, -0.2) is 18.3 Å². The summed E-state index contributed by atoms with van der Waals surface area (Å²) in [4.78, 5) is 23.6. The maximum absolute atomic E-state index is 13.5. The molecule has 24 heavy (non-hydrogen) atoms. The van der Waals surface area contributed by atoms with E-state index in [9.17, 15) is 18.4 Å². The summed E-state index contributed by atoms with van der Waals surface area (Å²) in [6, 6.07) is 9.06. The summed E-state index contributed by atoms with van der Waals surface area (Å²) in [5.74, 6) is -1.38. The van der Waals surface area contributed by atoms with Crippen molar-refractivity contribution >= 4 is 17.4 Å². The smallest absolute Gasteiger partial charge is 0.255 e. The molecular formula is C18H15F2NO3. The van der Waals surface area contributed by atoms with Gasteiger partial charge in [-0.05, 0) is 49.2 Å². The van der Waals surface area contributed by atoms with Gasteiger partial charge in [0.25, 0.3) is 5.91 Å². The average molecular weight is 331 g/mol. The Balaban J connectivity index is 1.59. The van der Waals surface area contributed by atoms with Crippen LogP contribution in [0.1, 0.15) is 23.2 Å². The highest BCUT2D eigenvalue weighted by Gasteiger charge is 2.29. The van der Waals surface area contributed by atoms with Crippen LogP contribution in [0.4, 0.5) is 14.5 Å². The van der Waals surface area contributed by atoms with Crippen molar-refractivity contribution in [3.63, 3.8) is 0 Å². The minimum Gasteiger partial charge on any atom is -0.486 e. The Kier molecular flexibility index (Phi) is 4.55. The van der Waals surface area contributed by atoms with E-state index in [1.165, 1.54) is 12.1 Å². The number of amides is 1. The number of ether oxygens (including phenoxy) is 1. The molecule has 0 atom stereocenters. The second kappa shape index (κ2) is 6.78. The fraction of sp³-hybridized carbons (Fsp3) is 0.222. The van der Waals surface area contributed by atoms with Crippen molar-refractivity contribution in [3.8, 4) is 5.75 Å². The van der Waals surface area contributed by atoms with Gasteiger partial charge in [-0.25, -0.2) is 8.78 Å². The molecule has 1 amide bonds. The number of carbonyl (C=O) groups is 2. The average Bonchev–Trinajstić information content (AvgIpc) is 3.40. The third kappa shape index (κ3) is 3.95. The van der Waals surface area contributed by atoms with Gasteiger partial charge >= 0.3 is 0 Å². The maximum Gasteiger partial charge on any atom is 0.255 e. The van der Waals surface area contributed by atoms with Crippen LogP contribution in [0.5, 0.6) is 5.75 Å². The van der Waals surface area contributed by atoms with Crippen LogP contribution in [0.15, 0.2) is 42.5 Å². The summed E-state index contributed by atoms with van der Waals surface area (Å²) in [6.07, 6.45) is 1.86. The van der Waals surface area contributed by atoms with Gasteiger partial charge in [-0.15, -0.1) is 0 Å². The molecular weight excluding hydrogens is 316 g/mol. The van der Waals surface area contributed by atoms with E-state index in [1.54, 1.807) is 12.1 Å². The molecule has 0 aliphatic heterocycles. The number of benzene rings is 2. The van der Waals surface area contributed by atoms with E-state index in [0.717, 1.165) is 25.0 Å². The van der Waals surface area contributed by atoms with Gasteiger partial charge in [-0.2, -0.15) is 0 Å². The zero-order valence-corrected chi connectivity index (χ0v) is 12.7. The van der Waals surface area contributed by atoms with Gasteiger partial charge in [0.2, 0.25) is 0 Å². The summed E-state index contributed by atoms with van der Waals surface area (Å²) in [7, 11) is 0. The van der Waals surface area contributed by atoms with Crippen LogP contribution in [0, 0.1) is 17.6 Å². The highest BCUT2D eigenvalue weighted by Crippen LogP contribution is 2.30. The number of Topliss-reactive ketones (excluding diaryl/α,β-unsaturated/α-hetero) is 1. The monoisotopic (exact) mass is 331 g/mol. The molecule has 0 bridgehead atoms. The number of rotatable bonds is 6. The van der Waals surface area contributed by atoms with Crippen molar-refractivity contribution in [1.82, 2.24) is 0 Å². The number of nitrogens with one attached hydrogen (secondary N) is 1. The molecule has 0 heterocycles. The molecule has 2 aromatic carbocycles. The van der Waals surface area contributed by atoms with Gasteiger partial charge in [0.1, 0.15) is 24.0 Å². The maximum atomic E-state index is 13.5. The summed E-state index contributed by atoms with van der Waals surface area (Å²) in [5.41, 5.74) is 0.191. The lowest BCUT2D eigenvalue weighted by atomic mass is 10.2. The largest absolute Gasteiger partial charge is 0.486 e. The molecule has 124 valence electrons. The molecule has 0 spiro atoms. The Labute approximate surface area is 137 Å². The number of hydrogen-bond acceptors (Lipinski definition) is 3. The number of halogens is 2. The van der Waals surface area contributed by atoms with Crippen molar-refractivity contribution in [1.29, 1.82) is 0 Å². The minimum atomic E-state index is -0.845. The fourth-order valence-corrected chi connectivity index (χ4v) is 2.17. The van der Waals surface area contributed by atoms with Crippen molar-refractivity contribution in [2.45, 2.75) is 12.8 Å². The summed E-state index contributed by atoms with van der Waals surface area (Å²) < 4.78 is 31.7. The number of hydrogen-bond donors (Lipinski definition) is 1. The molecule has 1 aliphatic rings. The van der Waals surface area contributed by atoms with E-state index >= 15 is 0 Å². The van der Waals surface area contributed by atoms with Crippen LogP contribution in [-0.2, 0) is 4.79 Å². The molecule has 0 unspecified atom stereocenters.